The van der Waals surface area contributed by atoms with E-state index in [4.69, 9.17) is 14.3 Å². The summed E-state index contributed by atoms with van der Waals surface area (Å²) in [5.74, 6) is 2.87. The van der Waals surface area contributed by atoms with E-state index in [0.717, 1.165) is 48.2 Å². The monoisotopic (exact) mass is 486 g/mol. The molecule has 0 amide bonds. The van der Waals surface area contributed by atoms with E-state index in [1.807, 2.05) is 44.2 Å². The van der Waals surface area contributed by atoms with Gasteiger partial charge in [0.05, 0.1) is 12.3 Å². The molecule has 1 aromatic carbocycles. The molecule has 1 aromatic heterocycles. The maximum absolute atomic E-state index is 5.70. The van der Waals surface area contributed by atoms with Gasteiger partial charge >= 0.3 is 0 Å². The molecule has 2 N–H and O–H groups in total. The van der Waals surface area contributed by atoms with Crippen molar-refractivity contribution in [2.75, 3.05) is 26.2 Å². The van der Waals surface area contributed by atoms with Crippen molar-refractivity contribution in [1.82, 2.24) is 15.8 Å². The molecule has 0 aliphatic carbocycles. The van der Waals surface area contributed by atoms with Crippen LogP contribution in [0.3, 0.4) is 0 Å². The molecule has 0 radical (unpaired) electrons. The van der Waals surface area contributed by atoms with Crippen molar-refractivity contribution in [1.29, 1.82) is 0 Å². The lowest BCUT2D eigenvalue weighted by molar-refractivity contribution is 0.311. The number of guanidine groups is 1. The highest BCUT2D eigenvalue weighted by Gasteiger charge is 2.16. The van der Waals surface area contributed by atoms with Gasteiger partial charge in [0.15, 0.2) is 5.96 Å². The highest BCUT2D eigenvalue weighted by molar-refractivity contribution is 14.0. The Bertz CT molecular complexity index is 669. The predicted molar refractivity (Wildman–Crippen MR) is 120 cm³/mol. The molecule has 0 saturated heterocycles. The van der Waals surface area contributed by atoms with E-state index in [1.54, 1.807) is 0 Å². The van der Waals surface area contributed by atoms with Crippen LogP contribution in [0.1, 0.15) is 43.2 Å². The van der Waals surface area contributed by atoms with Crippen molar-refractivity contribution in [3.63, 3.8) is 0 Å². The van der Waals surface area contributed by atoms with Gasteiger partial charge in [-0.2, -0.15) is 0 Å². The molecule has 0 saturated carbocycles. The molecule has 1 atom stereocenters. The Labute approximate surface area is 179 Å². The lowest BCUT2D eigenvalue weighted by atomic mass is 10.00. The average molecular weight is 486 g/mol. The molecule has 6 nitrogen and oxygen atoms in total. The van der Waals surface area contributed by atoms with Gasteiger partial charge in [0.25, 0.3) is 0 Å². The summed E-state index contributed by atoms with van der Waals surface area (Å²) >= 11 is 0. The fourth-order valence-corrected chi connectivity index (χ4v) is 2.84. The van der Waals surface area contributed by atoms with Gasteiger partial charge in [-0.25, -0.2) is 0 Å². The van der Waals surface area contributed by atoms with Crippen LogP contribution in [0.2, 0.25) is 0 Å². The first kappa shape index (κ1) is 23.3. The molecule has 0 bridgehead atoms. The van der Waals surface area contributed by atoms with Crippen LogP contribution in [-0.4, -0.2) is 37.4 Å². The summed E-state index contributed by atoms with van der Waals surface area (Å²) in [7, 11) is 0. The number of ether oxygens (including phenoxy) is 1. The summed E-state index contributed by atoms with van der Waals surface area (Å²) in [4.78, 5) is 4.69. The van der Waals surface area contributed by atoms with Gasteiger partial charge in [0.2, 0.25) is 0 Å². The maximum Gasteiger partial charge on any atom is 0.191 e. The molecule has 1 heterocycles. The zero-order valence-electron chi connectivity index (χ0n) is 16.6. The Morgan fingerprint density at radius 3 is 2.59 bits per heavy atom. The van der Waals surface area contributed by atoms with E-state index >= 15 is 0 Å². The van der Waals surface area contributed by atoms with E-state index < -0.39 is 0 Å². The largest absolute Gasteiger partial charge is 0.494 e. The van der Waals surface area contributed by atoms with E-state index in [-0.39, 0.29) is 29.9 Å². The predicted octanol–water partition coefficient (Wildman–Crippen LogP) is 4.04. The fraction of sp³-hybridized carbons (Fsp3) is 0.500. The van der Waals surface area contributed by atoms with Gasteiger partial charge in [0.1, 0.15) is 11.5 Å². The quantitative estimate of drug-likeness (QED) is 0.242. The minimum atomic E-state index is 0. The molecule has 0 aliphatic rings. The van der Waals surface area contributed by atoms with Gasteiger partial charge in [-0.15, -0.1) is 24.0 Å². The van der Waals surface area contributed by atoms with Crippen LogP contribution in [0.15, 0.2) is 39.8 Å². The van der Waals surface area contributed by atoms with Crippen molar-refractivity contribution in [2.45, 2.75) is 40.0 Å². The summed E-state index contributed by atoms with van der Waals surface area (Å²) in [6.45, 7) is 11.1. The van der Waals surface area contributed by atoms with Gasteiger partial charge in [-0.1, -0.05) is 30.3 Å². The zero-order chi connectivity index (χ0) is 18.8. The Kier molecular flexibility index (Phi) is 10.8. The number of rotatable bonds is 9. The third-order valence-corrected chi connectivity index (χ3v) is 4.07. The molecular formula is C20H31IN4O2. The van der Waals surface area contributed by atoms with Crippen molar-refractivity contribution < 1.29 is 9.26 Å². The molecule has 150 valence electrons. The van der Waals surface area contributed by atoms with Crippen LogP contribution in [0, 0.1) is 13.8 Å². The first-order chi connectivity index (χ1) is 12.6. The van der Waals surface area contributed by atoms with Crippen molar-refractivity contribution in [2.24, 2.45) is 4.99 Å². The highest BCUT2D eigenvalue weighted by Crippen LogP contribution is 2.23. The molecule has 0 spiro atoms. The minimum Gasteiger partial charge on any atom is -0.494 e. The fourth-order valence-electron chi connectivity index (χ4n) is 2.84. The van der Waals surface area contributed by atoms with Crippen LogP contribution in [0.25, 0.3) is 0 Å². The Morgan fingerprint density at radius 1 is 1.22 bits per heavy atom. The number of hydrogen-bond donors (Lipinski definition) is 2. The second-order valence-electron chi connectivity index (χ2n) is 6.30. The van der Waals surface area contributed by atoms with E-state index in [1.165, 1.54) is 0 Å². The topological polar surface area (TPSA) is 71.7 Å². The molecule has 1 unspecified atom stereocenters. The summed E-state index contributed by atoms with van der Waals surface area (Å²) in [5, 5.41) is 10.7. The van der Waals surface area contributed by atoms with Gasteiger partial charge in [-0.3, -0.25) is 4.99 Å². The first-order valence-electron chi connectivity index (χ1n) is 9.24. The molecule has 27 heavy (non-hydrogen) atoms. The van der Waals surface area contributed by atoms with Gasteiger partial charge in [-0.05, 0) is 39.3 Å². The van der Waals surface area contributed by atoms with Crippen LogP contribution in [0.4, 0.5) is 0 Å². The number of aryl methyl sites for hydroxylation is 2. The Morgan fingerprint density at radius 2 is 1.96 bits per heavy atom. The summed E-state index contributed by atoms with van der Waals surface area (Å²) in [5.41, 5.74) is 2.10. The summed E-state index contributed by atoms with van der Waals surface area (Å²) in [6.07, 6.45) is 0.902. The molecule has 0 aliphatic heterocycles. The lowest BCUT2D eigenvalue weighted by Gasteiger charge is -2.14. The number of nitrogens with one attached hydrogen (secondary N) is 2. The van der Waals surface area contributed by atoms with Gasteiger partial charge < -0.3 is 19.9 Å². The van der Waals surface area contributed by atoms with Crippen LogP contribution in [0.5, 0.6) is 5.75 Å². The van der Waals surface area contributed by atoms with Crippen LogP contribution < -0.4 is 15.4 Å². The molecule has 7 heteroatoms. The van der Waals surface area contributed by atoms with E-state index in [9.17, 15) is 0 Å². The average Bonchev–Trinajstić information content (AvgIpc) is 2.98. The zero-order valence-corrected chi connectivity index (χ0v) is 18.9. The second-order valence-corrected chi connectivity index (χ2v) is 6.30. The van der Waals surface area contributed by atoms with Crippen LogP contribution >= 0.6 is 24.0 Å². The molecule has 0 fully saturated rings. The van der Waals surface area contributed by atoms with Crippen molar-refractivity contribution >= 4 is 29.9 Å². The lowest BCUT2D eigenvalue weighted by Crippen LogP contribution is -2.38. The number of para-hydroxylation sites is 1. The number of nitrogens with zero attached hydrogens (tertiary/aromatic N) is 2. The third-order valence-electron chi connectivity index (χ3n) is 4.07. The Hall–Kier alpha value is -1.77. The number of aromatic nitrogens is 1. The normalized spacial score (nSPS) is 12.2. The highest BCUT2D eigenvalue weighted by atomic mass is 127. The number of benzene rings is 1. The molecule has 2 rings (SSSR count). The van der Waals surface area contributed by atoms with Crippen molar-refractivity contribution in [3.8, 4) is 5.75 Å². The molecular weight excluding hydrogens is 455 g/mol. The first-order valence-corrected chi connectivity index (χ1v) is 9.24. The number of aliphatic imine (C=N–C) groups is 1. The standard InChI is InChI=1S/C20H30N4O2.HI/c1-5-21-20(22-12-9-13-25-18-10-7-6-8-11-18)23-14-15(2)19-16(3)24-26-17(19)4;/h6-8,10-11,15H,5,9,12-14H2,1-4H3,(H2,21,22,23);1H. The van der Waals surface area contributed by atoms with Crippen molar-refractivity contribution in [3.05, 3.63) is 47.3 Å². The minimum absolute atomic E-state index is 0. The second kappa shape index (κ2) is 12.6. The maximum atomic E-state index is 5.70. The van der Waals surface area contributed by atoms with Crippen LogP contribution in [-0.2, 0) is 0 Å². The smallest absolute Gasteiger partial charge is 0.191 e. The number of hydrogen-bond acceptors (Lipinski definition) is 4. The van der Waals surface area contributed by atoms with E-state index in [0.29, 0.717) is 13.2 Å². The summed E-state index contributed by atoms with van der Waals surface area (Å²) < 4.78 is 11.0. The van der Waals surface area contributed by atoms with E-state index in [2.05, 4.69) is 29.6 Å². The SMILES string of the molecule is CCNC(=NCC(C)c1c(C)noc1C)NCCCOc1ccccc1.I. The Balaban J connectivity index is 0.00000364. The van der Waals surface area contributed by atoms with Gasteiger partial charge in [0, 0.05) is 31.1 Å². The number of halogens is 1. The summed E-state index contributed by atoms with van der Waals surface area (Å²) in [6, 6.07) is 9.87. The third kappa shape index (κ3) is 7.78. The molecule has 2 aromatic rings.